The maximum absolute atomic E-state index is 12.4. The number of urea groups is 1. The van der Waals surface area contributed by atoms with Crippen molar-refractivity contribution in [1.82, 2.24) is 10.2 Å². The van der Waals surface area contributed by atoms with E-state index in [-0.39, 0.29) is 12.1 Å². The van der Waals surface area contributed by atoms with Gasteiger partial charge in [0.1, 0.15) is 5.54 Å². The highest BCUT2D eigenvalue weighted by atomic mass is 16.5. The number of hydrogen-bond acceptors (Lipinski definition) is 3. The molecule has 2 N–H and O–H groups in total. The highest BCUT2D eigenvalue weighted by Crippen LogP contribution is 2.32. The van der Waals surface area contributed by atoms with Crippen LogP contribution >= 0.6 is 0 Å². The summed E-state index contributed by atoms with van der Waals surface area (Å²) in [4.78, 5) is 25.7. The second-order valence-electron chi connectivity index (χ2n) is 6.42. The SMILES string of the molecule is COC1CCN(C(=O)NC2(C(=O)O)CCC(C)CC2)CC1. The lowest BCUT2D eigenvalue weighted by Crippen LogP contribution is -2.60. The van der Waals surface area contributed by atoms with E-state index in [9.17, 15) is 14.7 Å². The van der Waals surface area contributed by atoms with Gasteiger partial charge in [0.2, 0.25) is 0 Å². The number of carboxylic acid groups (broad SMARTS) is 1. The Balaban J connectivity index is 1.95. The lowest BCUT2D eigenvalue weighted by Gasteiger charge is -2.39. The first-order chi connectivity index (χ1) is 9.97. The molecular weight excluding hydrogens is 272 g/mol. The van der Waals surface area contributed by atoms with Crippen LogP contribution < -0.4 is 5.32 Å². The summed E-state index contributed by atoms with van der Waals surface area (Å²) in [7, 11) is 1.68. The van der Waals surface area contributed by atoms with Gasteiger partial charge in [0, 0.05) is 20.2 Å². The van der Waals surface area contributed by atoms with Crippen molar-refractivity contribution in [3.05, 3.63) is 0 Å². The molecule has 1 aliphatic carbocycles. The minimum absolute atomic E-state index is 0.206. The van der Waals surface area contributed by atoms with Crippen LogP contribution in [0.3, 0.4) is 0 Å². The summed E-state index contributed by atoms with van der Waals surface area (Å²) in [6.07, 6.45) is 4.55. The summed E-state index contributed by atoms with van der Waals surface area (Å²) in [5.74, 6) is -0.374. The summed E-state index contributed by atoms with van der Waals surface area (Å²) in [5.41, 5.74) is -1.08. The van der Waals surface area contributed by atoms with E-state index in [1.165, 1.54) is 0 Å². The van der Waals surface area contributed by atoms with E-state index in [0.29, 0.717) is 31.8 Å². The Kier molecular flexibility index (Phi) is 5.08. The van der Waals surface area contributed by atoms with E-state index >= 15 is 0 Å². The number of carbonyl (C=O) groups is 2. The zero-order chi connectivity index (χ0) is 15.5. The van der Waals surface area contributed by atoms with E-state index in [2.05, 4.69) is 12.2 Å². The molecule has 2 rings (SSSR count). The molecule has 0 aromatic carbocycles. The molecule has 2 amide bonds. The number of nitrogens with zero attached hydrogens (tertiary/aromatic N) is 1. The maximum atomic E-state index is 12.4. The molecular formula is C15H26N2O4. The number of amides is 2. The molecule has 120 valence electrons. The average molecular weight is 298 g/mol. The molecule has 6 nitrogen and oxygen atoms in total. The number of ether oxygens (including phenoxy) is 1. The molecule has 2 aliphatic rings. The molecule has 0 bridgehead atoms. The standard InChI is InChI=1S/C15H26N2O4/c1-11-3-7-15(8-4-11,13(18)19)16-14(20)17-9-5-12(21-2)6-10-17/h11-12H,3-10H2,1-2H3,(H,16,20)(H,18,19). The molecule has 1 aliphatic heterocycles. The van der Waals surface area contributed by atoms with E-state index in [1.807, 2.05) is 0 Å². The van der Waals surface area contributed by atoms with Crippen LogP contribution in [0.25, 0.3) is 0 Å². The van der Waals surface area contributed by atoms with Gasteiger partial charge in [0.25, 0.3) is 0 Å². The van der Waals surface area contributed by atoms with Crippen molar-refractivity contribution in [2.24, 2.45) is 5.92 Å². The van der Waals surface area contributed by atoms with Crippen molar-refractivity contribution in [3.8, 4) is 0 Å². The number of carboxylic acids is 1. The normalized spacial score (nSPS) is 31.0. The fourth-order valence-corrected chi connectivity index (χ4v) is 3.23. The van der Waals surface area contributed by atoms with Gasteiger partial charge in [-0.1, -0.05) is 6.92 Å². The first kappa shape index (κ1) is 16.1. The van der Waals surface area contributed by atoms with Crippen molar-refractivity contribution in [1.29, 1.82) is 0 Å². The van der Waals surface area contributed by atoms with Crippen LogP contribution in [0, 0.1) is 5.92 Å². The fourth-order valence-electron chi connectivity index (χ4n) is 3.23. The summed E-state index contributed by atoms with van der Waals surface area (Å²) in [6.45, 7) is 3.37. The van der Waals surface area contributed by atoms with Crippen LogP contribution in [-0.2, 0) is 9.53 Å². The predicted octanol–water partition coefficient (Wildman–Crippen LogP) is 1.84. The zero-order valence-corrected chi connectivity index (χ0v) is 12.9. The van der Waals surface area contributed by atoms with Gasteiger partial charge in [-0.2, -0.15) is 0 Å². The van der Waals surface area contributed by atoms with E-state index in [1.54, 1.807) is 12.0 Å². The van der Waals surface area contributed by atoms with Crippen molar-refractivity contribution < 1.29 is 19.4 Å². The van der Waals surface area contributed by atoms with Gasteiger partial charge in [-0.25, -0.2) is 9.59 Å². The van der Waals surface area contributed by atoms with Gasteiger partial charge < -0.3 is 20.1 Å². The van der Waals surface area contributed by atoms with Gasteiger partial charge >= 0.3 is 12.0 Å². The van der Waals surface area contributed by atoms with Crippen molar-refractivity contribution in [3.63, 3.8) is 0 Å². The van der Waals surface area contributed by atoms with E-state index in [4.69, 9.17) is 4.74 Å². The summed E-state index contributed by atoms with van der Waals surface area (Å²) < 4.78 is 5.29. The monoisotopic (exact) mass is 298 g/mol. The van der Waals surface area contributed by atoms with Crippen LogP contribution in [-0.4, -0.2) is 53.8 Å². The van der Waals surface area contributed by atoms with E-state index in [0.717, 1.165) is 25.7 Å². The predicted molar refractivity (Wildman–Crippen MR) is 78.1 cm³/mol. The van der Waals surface area contributed by atoms with Gasteiger partial charge in [0.05, 0.1) is 6.10 Å². The average Bonchev–Trinajstić information content (AvgIpc) is 2.49. The smallest absolute Gasteiger partial charge is 0.329 e. The van der Waals surface area contributed by atoms with Gasteiger partial charge in [0.15, 0.2) is 0 Å². The minimum Gasteiger partial charge on any atom is -0.480 e. The molecule has 0 spiro atoms. The third-order valence-corrected chi connectivity index (χ3v) is 4.95. The number of hydrogen-bond donors (Lipinski definition) is 2. The molecule has 0 atom stereocenters. The molecule has 0 aromatic rings. The van der Waals surface area contributed by atoms with Crippen molar-refractivity contribution in [2.45, 2.75) is 57.1 Å². The molecule has 1 heterocycles. The zero-order valence-electron chi connectivity index (χ0n) is 12.9. The topological polar surface area (TPSA) is 78.9 Å². The first-order valence-electron chi connectivity index (χ1n) is 7.80. The second kappa shape index (κ2) is 6.64. The number of nitrogens with one attached hydrogen (secondary N) is 1. The Morgan fingerprint density at radius 1 is 1.19 bits per heavy atom. The third kappa shape index (κ3) is 3.67. The number of methoxy groups -OCH3 is 1. The van der Waals surface area contributed by atoms with Crippen molar-refractivity contribution in [2.75, 3.05) is 20.2 Å². The molecule has 1 saturated carbocycles. The second-order valence-corrected chi connectivity index (χ2v) is 6.42. The first-order valence-corrected chi connectivity index (χ1v) is 7.80. The van der Waals surface area contributed by atoms with Gasteiger partial charge in [-0.3, -0.25) is 0 Å². The fraction of sp³-hybridized carbons (Fsp3) is 0.867. The van der Waals surface area contributed by atoms with Gasteiger partial charge in [-0.15, -0.1) is 0 Å². The largest absolute Gasteiger partial charge is 0.480 e. The number of rotatable bonds is 3. The molecule has 2 fully saturated rings. The number of aliphatic carboxylic acids is 1. The van der Waals surface area contributed by atoms with Crippen LogP contribution in [0.5, 0.6) is 0 Å². The Morgan fingerprint density at radius 3 is 2.24 bits per heavy atom. The lowest BCUT2D eigenvalue weighted by atomic mass is 9.77. The summed E-state index contributed by atoms with van der Waals surface area (Å²) >= 11 is 0. The van der Waals surface area contributed by atoms with Gasteiger partial charge in [-0.05, 0) is 44.4 Å². The third-order valence-electron chi connectivity index (χ3n) is 4.95. The maximum Gasteiger partial charge on any atom is 0.329 e. The Labute approximate surface area is 125 Å². The molecule has 21 heavy (non-hydrogen) atoms. The molecule has 6 heteroatoms. The van der Waals surface area contributed by atoms with Crippen molar-refractivity contribution >= 4 is 12.0 Å². The lowest BCUT2D eigenvalue weighted by molar-refractivity contribution is -0.146. The minimum atomic E-state index is -1.08. The molecule has 0 radical (unpaired) electrons. The Bertz CT molecular complexity index is 383. The van der Waals surface area contributed by atoms with Crippen LogP contribution in [0.4, 0.5) is 4.79 Å². The highest BCUT2D eigenvalue weighted by molar-refractivity contribution is 5.86. The van der Waals surface area contributed by atoms with E-state index < -0.39 is 11.5 Å². The number of carbonyl (C=O) groups excluding carboxylic acids is 1. The highest BCUT2D eigenvalue weighted by Gasteiger charge is 2.43. The molecule has 1 saturated heterocycles. The molecule has 0 unspecified atom stereocenters. The number of piperidine rings is 1. The van der Waals surface area contributed by atoms with Crippen LogP contribution in [0.2, 0.25) is 0 Å². The Hall–Kier alpha value is -1.30. The summed E-state index contributed by atoms with van der Waals surface area (Å²) in [6, 6.07) is -0.249. The number of likely N-dealkylation sites (tertiary alicyclic amines) is 1. The van der Waals surface area contributed by atoms with Crippen LogP contribution in [0.1, 0.15) is 45.4 Å². The summed E-state index contributed by atoms with van der Waals surface area (Å²) in [5, 5.41) is 12.4. The quantitative estimate of drug-likeness (QED) is 0.833. The molecule has 0 aromatic heterocycles. The Morgan fingerprint density at radius 2 is 1.76 bits per heavy atom. The van der Waals surface area contributed by atoms with Crippen LogP contribution in [0.15, 0.2) is 0 Å².